The number of anilines is 3. The molecule has 4 rings (SSSR count). The van der Waals surface area contributed by atoms with E-state index in [1.165, 1.54) is 0 Å². The van der Waals surface area contributed by atoms with Gasteiger partial charge in [0.1, 0.15) is 11.2 Å². The minimum atomic E-state index is -0.685. The van der Waals surface area contributed by atoms with E-state index in [1.54, 1.807) is 37.5 Å². The minimum Gasteiger partial charge on any atom is -0.371 e. The molecule has 33 heavy (non-hydrogen) atoms. The molecule has 0 atom stereocenters. The van der Waals surface area contributed by atoms with Gasteiger partial charge in [0.15, 0.2) is 17.3 Å². The first-order chi connectivity index (χ1) is 15.7. The number of carbonyl (C=O) groups is 1. The molecule has 0 unspecified atom stereocenters. The van der Waals surface area contributed by atoms with Crippen LogP contribution < -0.4 is 16.4 Å². The number of hydrogen-bond donors (Lipinski definition) is 3. The second-order valence-electron chi connectivity index (χ2n) is 8.51. The van der Waals surface area contributed by atoms with Crippen molar-refractivity contribution in [2.45, 2.75) is 30.4 Å². The van der Waals surface area contributed by atoms with Crippen LogP contribution in [0.25, 0.3) is 22.3 Å². The molecule has 1 amide bonds. The molecule has 10 heteroatoms. The van der Waals surface area contributed by atoms with Crippen LogP contribution in [-0.4, -0.2) is 42.2 Å². The Morgan fingerprint density at radius 3 is 2.45 bits per heavy atom. The second-order valence-corrected chi connectivity index (χ2v) is 10.4. The zero-order valence-corrected chi connectivity index (χ0v) is 20.0. The van der Waals surface area contributed by atoms with Crippen LogP contribution in [0.1, 0.15) is 31.3 Å². The third-order valence-corrected chi connectivity index (χ3v) is 5.92. The Hall–Kier alpha value is -3.66. The highest BCUT2D eigenvalue weighted by atomic mass is 32.2. The van der Waals surface area contributed by atoms with E-state index in [4.69, 9.17) is 5.73 Å². The van der Waals surface area contributed by atoms with E-state index in [-0.39, 0.29) is 16.3 Å². The summed E-state index contributed by atoms with van der Waals surface area (Å²) in [5, 5.41) is 6.24. The molecular formula is C23H26N8OS. The molecule has 0 aliphatic carbocycles. The van der Waals surface area contributed by atoms with E-state index in [2.05, 4.69) is 51.3 Å². The summed E-state index contributed by atoms with van der Waals surface area (Å²) in [6, 6.07) is 7.92. The number of primary amides is 1. The van der Waals surface area contributed by atoms with Crippen molar-refractivity contribution in [1.82, 2.24) is 24.5 Å². The number of nitrogens with one attached hydrogen (secondary N) is 2. The number of aryl methyl sites for hydroxylation is 1. The third-order valence-electron chi connectivity index (χ3n) is 4.80. The second kappa shape index (κ2) is 8.70. The van der Waals surface area contributed by atoms with Crippen LogP contribution in [0, 0.1) is 0 Å². The van der Waals surface area contributed by atoms with Crippen LogP contribution in [0.5, 0.6) is 0 Å². The lowest BCUT2D eigenvalue weighted by Gasteiger charge is -2.18. The van der Waals surface area contributed by atoms with Crippen LogP contribution in [0.3, 0.4) is 0 Å². The Morgan fingerprint density at radius 2 is 1.82 bits per heavy atom. The van der Waals surface area contributed by atoms with Crippen molar-refractivity contribution in [3.63, 3.8) is 0 Å². The quantitative estimate of drug-likeness (QED) is 0.364. The number of thioether (sulfide) groups is 1. The Bertz CT molecular complexity index is 1330. The number of nitrogens with two attached hydrogens (primary N) is 1. The van der Waals surface area contributed by atoms with Gasteiger partial charge < -0.3 is 20.9 Å². The summed E-state index contributed by atoms with van der Waals surface area (Å²) in [5.74, 6) is 0.0605. The van der Waals surface area contributed by atoms with Crippen molar-refractivity contribution in [1.29, 1.82) is 0 Å². The molecule has 0 saturated carbocycles. The fourth-order valence-corrected chi connectivity index (χ4v) is 4.35. The Kier molecular flexibility index (Phi) is 5.94. The average Bonchev–Trinajstić information content (AvgIpc) is 3.14. The van der Waals surface area contributed by atoms with Crippen molar-refractivity contribution in [2.75, 3.05) is 17.7 Å². The molecule has 0 aliphatic heterocycles. The van der Waals surface area contributed by atoms with Crippen LogP contribution in [0.2, 0.25) is 0 Å². The van der Waals surface area contributed by atoms with Gasteiger partial charge in [-0.1, -0.05) is 20.8 Å². The number of imidazole rings is 1. The molecule has 9 nitrogen and oxygen atoms in total. The number of aromatic nitrogens is 5. The number of pyridine rings is 1. The number of nitrogens with zero attached hydrogens (tertiary/aromatic N) is 5. The standard InChI is InChI=1S/C23H26N8OS/c1-23(2,3)33-14-8-6-13(7-9-14)28-22-19(20(24)32)29-18(21(25-4)30-22)15-10-26-11-16-17(15)27-12-31(16)5/h6-12H,1-5H3,(H2,24,32)(H2,25,28,30). The van der Waals surface area contributed by atoms with E-state index < -0.39 is 5.91 Å². The van der Waals surface area contributed by atoms with E-state index >= 15 is 0 Å². The molecule has 3 heterocycles. The van der Waals surface area contributed by atoms with E-state index in [1.807, 2.05) is 35.9 Å². The Labute approximate surface area is 196 Å². The molecule has 1 aromatic carbocycles. The summed E-state index contributed by atoms with van der Waals surface area (Å²) in [7, 11) is 3.63. The van der Waals surface area contributed by atoms with Crippen molar-refractivity contribution in [3.8, 4) is 11.3 Å². The lowest BCUT2D eigenvalue weighted by molar-refractivity contribution is 0.0996. The first kappa shape index (κ1) is 22.5. The molecule has 0 spiro atoms. The Morgan fingerprint density at radius 1 is 1.09 bits per heavy atom. The number of benzene rings is 1. The number of carbonyl (C=O) groups excluding carboxylic acids is 1. The van der Waals surface area contributed by atoms with Gasteiger partial charge in [-0.3, -0.25) is 9.78 Å². The lowest BCUT2D eigenvalue weighted by atomic mass is 10.1. The summed E-state index contributed by atoms with van der Waals surface area (Å²) >= 11 is 1.78. The summed E-state index contributed by atoms with van der Waals surface area (Å²) < 4.78 is 1.98. The molecule has 0 saturated heterocycles. The highest BCUT2D eigenvalue weighted by molar-refractivity contribution is 8.00. The molecule has 170 valence electrons. The van der Waals surface area contributed by atoms with E-state index in [9.17, 15) is 4.79 Å². The lowest BCUT2D eigenvalue weighted by Crippen LogP contribution is -2.18. The molecule has 4 N–H and O–H groups in total. The zero-order chi connectivity index (χ0) is 23.8. The van der Waals surface area contributed by atoms with Crippen LogP contribution >= 0.6 is 11.8 Å². The fraction of sp³-hybridized carbons (Fsp3) is 0.261. The SMILES string of the molecule is CNc1nc(Nc2ccc(SC(C)(C)C)cc2)c(C(N)=O)nc1-c1cncc2c1ncn2C. The Balaban J connectivity index is 1.75. The monoisotopic (exact) mass is 462 g/mol. The minimum absolute atomic E-state index is 0.0325. The van der Waals surface area contributed by atoms with Crippen LogP contribution in [0.4, 0.5) is 17.3 Å². The van der Waals surface area contributed by atoms with Gasteiger partial charge in [0, 0.05) is 35.6 Å². The molecule has 0 bridgehead atoms. The summed E-state index contributed by atoms with van der Waals surface area (Å²) in [5.41, 5.74) is 9.14. The highest BCUT2D eigenvalue weighted by Crippen LogP contribution is 2.34. The molecular weight excluding hydrogens is 436 g/mol. The topological polar surface area (TPSA) is 124 Å². The maximum Gasteiger partial charge on any atom is 0.271 e. The number of fused-ring (bicyclic) bond motifs is 1. The average molecular weight is 463 g/mol. The van der Waals surface area contributed by atoms with E-state index in [0.29, 0.717) is 22.6 Å². The van der Waals surface area contributed by atoms with Gasteiger partial charge in [-0.05, 0) is 24.3 Å². The number of hydrogen-bond acceptors (Lipinski definition) is 8. The van der Waals surface area contributed by atoms with Gasteiger partial charge in [0.05, 0.1) is 23.6 Å². The van der Waals surface area contributed by atoms with Gasteiger partial charge in [-0.2, -0.15) is 0 Å². The molecule has 0 radical (unpaired) electrons. The van der Waals surface area contributed by atoms with Crippen molar-refractivity contribution in [3.05, 3.63) is 48.7 Å². The first-order valence-electron chi connectivity index (χ1n) is 10.4. The zero-order valence-electron chi connectivity index (χ0n) is 19.2. The van der Waals surface area contributed by atoms with Crippen LogP contribution in [0.15, 0.2) is 47.9 Å². The highest BCUT2D eigenvalue weighted by Gasteiger charge is 2.21. The van der Waals surface area contributed by atoms with Gasteiger partial charge in [0.2, 0.25) is 0 Å². The first-order valence-corrected chi connectivity index (χ1v) is 11.2. The number of amides is 1. The maximum absolute atomic E-state index is 12.3. The summed E-state index contributed by atoms with van der Waals surface area (Å²) in [6.07, 6.45) is 5.09. The third kappa shape index (κ3) is 4.75. The van der Waals surface area contributed by atoms with Crippen molar-refractivity contribution < 1.29 is 4.79 Å². The summed E-state index contributed by atoms with van der Waals surface area (Å²) in [4.78, 5) is 31.4. The molecule has 4 aromatic rings. The van der Waals surface area contributed by atoms with Gasteiger partial charge in [-0.25, -0.2) is 15.0 Å². The summed E-state index contributed by atoms with van der Waals surface area (Å²) in [6.45, 7) is 6.50. The number of rotatable bonds is 6. The van der Waals surface area contributed by atoms with Crippen molar-refractivity contribution >= 4 is 46.0 Å². The smallest absolute Gasteiger partial charge is 0.271 e. The fourth-order valence-electron chi connectivity index (χ4n) is 3.37. The van der Waals surface area contributed by atoms with E-state index in [0.717, 1.165) is 16.1 Å². The van der Waals surface area contributed by atoms with Gasteiger partial charge >= 0.3 is 0 Å². The predicted octanol–water partition coefficient (Wildman–Crippen LogP) is 4.20. The maximum atomic E-state index is 12.3. The molecule has 3 aromatic heterocycles. The molecule has 0 aliphatic rings. The largest absolute Gasteiger partial charge is 0.371 e. The molecule has 0 fully saturated rings. The predicted molar refractivity (Wildman–Crippen MR) is 133 cm³/mol. The normalized spacial score (nSPS) is 11.5. The van der Waals surface area contributed by atoms with Gasteiger partial charge in [0.25, 0.3) is 5.91 Å². The van der Waals surface area contributed by atoms with Gasteiger partial charge in [-0.15, -0.1) is 11.8 Å². The van der Waals surface area contributed by atoms with Crippen molar-refractivity contribution in [2.24, 2.45) is 12.8 Å². The van der Waals surface area contributed by atoms with Crippen LogP contribution in [-0.2, 0) is 7.05 Å².